The molecule has 0 saturated carbocycles. The van der Waals surface area contributed by atoms with Crippen LogP contribution in [0.25, 0.3) is 11.1 Å². The zero-order valence-corrected chi connectivity index (χ0v) is 10.3. The molecule has 0 aliphatic carbocycles. The summed E-state index contributed by atoms with van der Waals surface area (Å²) in [4.78, 5) is 4.36. The van der Waals surface area contributed by atoms with Gasteiger partial charge in [-0.1, -0.05) is 30.1 Å². The summed E-state index contributed by atoms with van der Waals surface area (Å²) in [6, 6.07) is 3.39. The van der Waals surface area contributed by atoms with Crippen LogP contribution in [0, 0.1) is 0 Å². The van der Waals surface area contributed by atoms with E-state index in [1.807, 2.05) is 6.92 Å². The zero-order chi connectivity index (χ0) is 11.7. The molecule has 0 fully saturated rings. The molecule has 1 heterocycles. The first-order chi connectivity index (χ1) is 7.61. The maximum atomic E-state index is 6.01. The molecule has 0 spiro atoms. The summed E-state index contributed by atoms with van der Waals surface area (Å²) < 4.78 is 5.61. The average molecular weight is 259 g/mol. The third-order valence-electron chi connectivity index (χ3n) is 2.45. The number of aromatic nitrogens is 1. The van der Waals surface area contributed by atoms with Crippen molar-refractivity contribution in [3.63, 3.8) is 0 Å². The van der Waals surface area contributed by atoms with Crippen molar-refractivity contribution in [1.82, 2.24) is 4.98 Å². The highest BCUT2D eigenvalue weighted by atomic mass is 35.5. The summed E-state index contributed by atoms with van der Waals surface area (Å²) in [7, 11) is 0. The Bertz CT molecular complexity index is 510. The van der Waals surface area contributed by atoms with Crippen LogP contribution in [0.2, 0.25) is 10.0 Å². The van der Waals surface area contributed by atoms with Gasteiger partial charge in [-0.05, 0) is 25.1 Å². The lowest BCUT2D eigenvalue weighted by Gasteiger charge is -2.02. The molecule has 5 heteroatoms. The Kier molecular flexibility index (Phi) is 3.38. The molecule has 2 N–H and O–H groups in total. The molecule has 0 amide bonds. The lowest BCUT2D eigenvalue weighted by molar-refractivity contribution is 0.473. The predicted octanol–water partition coefficient (Wildman–Crippen LogP) is 3.59. The van der Waals surface area contributed by atoms with E-state index in [-0.39, 0.29) is 5.92 Å². The number of rotatable bonds is 3. The third-order valence-corrected chi connectivity index (χ3v) is 2.95. The molecule has 2 aromatic rings. The normalized spacial score (nSPS) is 13.2. The largest absolute Gasteiger partial charge is 0.439 e. The van der Waals surface area contributed by atoms with Gasteiger partial charge in [-0.25, -0.2) is 4.98 Å². The lowest BCUT2D eigenvalue weighted by atomic mass is 10.1. The van der Waals surface area contributed by atoms with Crippen molar-refractivity contribution in [2.75, 3.05) is 6.54 Å². The number of nitrogens with zero attached hydrogens (tertiary/aromatic N) is 1. The van der Waals surface area contributed by atoms with E-state index in [0.717, 1.165) is 6.42 Å². The van der Waals surface area contributed by atoms with Crippen LogP contribution < -0.4 is 5.73 Å². The predicted molar refractivity (Wildman–Crippen MR) is 66.1 cm³/mol. The average Bonchev–Trinajstić information content (AvgIpc) is 2.62. The number of halogens is 2. The SMILES string of the molecule is CC(CCN)c1nc2cc(Cl)cc(Cl)c2o1. The van der Waals surface area contributed by atoms with Crippen LogP contribution in [0.1, 0.15) is 25.2 Å². The zero-order valence-electron chi connectivity index (χ0n) is 8.84. The molecule has 2 rings (SSSR count). The van der Waals surface area contributed by atoms with Gasteiger partial charge < -0.3 is 10.2 Å². The molecule has 0 aliphatic heterocycles. The second-order valence-electron chi connectivity index (χ2n) is 3.77. The highest BCUT2D eigenvalue weighted by Gasteiger charge is 2.15. The molecular weight excluding hydrogens is 247 g/mol. The van der Waals surface area contributed by atoms with Crippen LogP contribution >= 0.6 is 23.2 Å². The summed E-state index contributed by atoms with van der Waals surface area (Å²) in [5.74, 6) is 0.844. The molecular formula is C11H12Cl2N2O. The van der Waals surface area contributed by atoms with Gasteiger partial charge in [0, 0.05) is 10.9 Å². The van der Waals surface area contributed by atoms with Gasteiger partial charge in [-0.3, -0.25) is 0 Å². The second kappa shape index (κ2) is 4.62. The molecule has 3 nitrogen and oxygen atoms in total. The standard InChI is InChI=1S/C11H12Cl2N2O/c1-6(2-3-14)11-15-9-5-7(12)4-8(13)10(9)16-11/h4-6H,2-3,14H2,1H3. The molecule has 1 aromatic carbocycles. The monoisotopic (exact) mass is 258 g/mol. The minimum absolute atomic E-state index is 0.187. The summed E-state index contributed by atoms with van der Waals surface area (Å²) in [6.45, 7) is 2.63. The highest BCUT2D eigenvalue weighted by Crippen LogP contribution is 2.31. The number of hydrogen-bond acceptors (Lipinski definition) is 3. The van der Waals surface area contributed by atoms with Gasteiger partial charge in [0.1, 0.15) is 5.52 Å². The molecule has 16 heavy (non-hydrogen) atoms. The van der Waals surface area contributed by atoms with Crippen LogP contribution in [0.15, 0.2) is 16.5 Å². The van der Waals surface area contributed by atoms with Crippen molar-refractivity contribution in [3.05, 3.63) is 28.1 Å². The van der Waals surface area contributed by atoms with E-state index in [2.05, 4.69) is 4.98 Å². The molecule has 0 saturated heterocycles. The van der Waals surface area contributed by atoms with Gasteiger partial charge in [0.2, 0.25) is 0 Å². The molecule has 0 aliphatic rings. The van der Waals surface area contributed by atoms with E-state index in [9.17, 15) is 0 Å². The van der Waals surface area contributed by atoms with Crippen molar-refractivity contribution in [3.8, 4) is 0 Å². The third kappa shape index (κ3) is 2.17. The maximum absolute atomic E-state index is 6.01. The van der Waals surface area contributed by atoms with E-state index in [1.54, 1.807) is 12.1 Å². The van der Waals surface area contributed by atoms with Gasteiger partial charge in [0.15, 0.2) is 11.5 Å². The van der Waals surface area contributed by atoms with E-state index < -0.39 is 0 Å². The molecule has 86 valence electrons. The Morgan fingerprint density at radius 2 is 2.19 bits per heavy atom. The Hall–Kier alpha value is -0.770. The highest BCUT2D eigenvalue weighted by molar-refractivity contribution is 6.37. The van der Waals surface area contributed by atoms with Crippen LogP contribution in [0.3, 0.4) is 0 Å². The number of hydrogen-bond donors (Lipinski definition) is 1. The number of oxazole rings is 1. The van der Waals surface area contributed by atoms with E-state index in [1.165, 1.54) is 0 Å². The molecule has 1 aromatic heterocycles. The fourth-order valence-electron chi connectivity index (χ4n) is 1.56. The van der Waals surface area contributed by atoms with Crippen molar-refractivity contribution in [2.45, 2.75) is 19.3 Å². The van der Waals surface area contributed by atoms with Crippen LogP contribution in [0.4, 0.5) is 0 Å². The molecule has 0 bridgehead atoms. The van der Waals surface area contributed by atoms with Crippen molar-refractivity contribution < 1.29 is 4.42 Å². The Labute approximate surface area is 104 Å². The minimum Gasteiger partial charge on any atom is -0.439 e. The van der Waals surface area contributed by atoms with Crippen molar-refractivity contribution >= 4 is 34.3 Å². The first kappa shape index (κ1) is 11.7. The molecule has 0 radical (unpaired) electrons. The van der Waals surface area contributed by atoms with Crippen LogP contribution in [0.5, 0.6) is 0 Å². The number of nitrogens with two attached hydrogens (primary N) is 1. The fraction of sp³-hybridized carbons (Fsp3) is 0.364. The quantitative estimate of drug-likeness (QED) is 0.916. The second-order valence-corrected chi connectivity index (χ2v) is 4.61. The van der Waals surface area contributed by atoms with E-state index in [0.29, 0.717) is 33.6 Å². The topological polar surface area (TPSA) is 52.0 Å². The first-order valence-electron chi connectivity index (χ1n) is 5.07. The van der Waals surface area contributed by atoms with Gasteiger partial charge in [-0.2, -0.15) is 0 Å². The maximum Gasteiger partial charge on any atom is 0.198 e. The van der Waals surface area contributed by atoms with Crippen molar-refractivity contribution in [2.24, 2.45) is 5.73 Å². The van der Waals surface area contributed by atoms with E-state index in [4.69, 9.17) is 33.4 Å². The Morgan fingerprint density at radius 3 is 2.88 bits per heavy atom. The fourth-order valence-corrected chi connectivity index (χ4v) is 2.08. The first-order valence-corrected chi connectivity index (χ1v) is 5.83. The van der Waals surface area contributed by atoms with Gasteiger partial charge in [0.25, 0.3) is 0 Å². The Balaban J connectivity index is 2.47. The molecule has 1 atom stereocenters. The smallest absolute Gasteiger partial charge is 0.198 e. The van der Waals surface area contributed by atoms with E-state index >= 15 is 0 Å². The molecule has 1 unspecified atom stereocenters. The van der Waals surface area contributed by atoms with Gasteiger partial charge in [0.05, 0.1) is 5.02 Å². The number of fused-ring (bicyclic) bond motifs is 1. The number of benzene rings is 1. The van der Waals surface area contributed by atoms with Crippen molar-refractivity contribution in [1.29, 1.82) is 0 Å². The summed E-state index contributed by atoms with van der Waals surface area (Å²) in [6.07, 6.45) is 0.832. The van der Waals surface area contributed by atoms with Crippen LogP contribution in [-0.4, -0.2) is 11.5 Å². The minimum atomic E-state index is 0.187. The van der Waals surface area contributed by atoms with Gasteiger partial charge >= 0.3 is 0 Å². The summed E-state index contributed by atoms with van der Waals surface area (Å²) in [5, 5.41) is 1.05. The lowest BCUT2D eigenvalue weighted by Crippen LogP contribution is -2.04. The Morgan fingerprint density at radius 1 is 1.44 bits per heavy atom. The van der Waals surface area contributed by atoms with Crippen LogP contribution in [-0.2, 0) is 0 Å². The van der Waals surface area contributed by atoms with Gasteiger partial charge in [-0.15, -0.1) is 0 Å². The summed E-state index contributed by atoms with van der Waals surface area (Å²) >= 11 is 11.9. The summed E-state index contributed by atoms with van der Waals surface area (Å²) in [5.41, 5.74) is 6.78.